The number of fused-ring (bicyclic) bond motifs is 7. The first-order valence-corrected chi connectivity index (χ1v) is 12.5. The number of rotatable bonds is 2. The van der Waals surface area contributed by atoms with Gasteiger partial charge in [0.2, 0.25) is 0 Å². The van der Waals surface area contributed by atoms with Crippen molar-refractivity contribution in [2.24, 2.45) is 0 Å². The molecule has 8 aromatic rings. The van der Waals surface area contributed by atoms with E-state index in [0.29, 0.717) is 22.1 Å². The summed E-state index contributed by atoms with van der Waals surface area (Å²) in [6.45, 7) is 0. The molecule has 1 heterocycles. The van der Waals surface area contributed by atoms with Crippen molar-refractivity contribution < 1.29 is 8.53 Å². The maximum Gasteiger partial charge on any atom is 0.143 e. The van der Waals surface area contributed by atoms with Gasteiger partial charge in [0.25, 0.3) is 0 Å². The zero-order valence-corrected chi connectivity index (χ0v) is 19.9. The molecule has 0 fully saturated rings. The summed E-state index contributed by atoms with van der Waals surface area (Å²) >= 11 is 0. The lowest BCUT2D eigenvalue weighted by molar-refractivity contribution is 0.673. The average Bonchev–Trinajstić information content (AvgIpc) is 3.41. The van der Waals surface area contributed by atoms with E-state index in [2.05, 4.69) is 36.4 Å². The van der Waals surface area contributed by atoms with Crippen LogP contribution in [0.25, 0.3) is 76.5 Å². The minimum Gasteiger partial charge on any atom is -0.455 e. The van der Waals surface area contributed by atoms with E-state index in [-0.39, 0.29) is 18.1 Å². The van der Waals surface area contributed by atoms with Gasteiger partial charge in [0, 0.05) is 16.2 Å². The van der Waals surface area contributed by atoms with Gasteiger partial charge in [0.1, 0.15) is 11.2 Å². The Kier molecular flexibility index (Phi) is 3.70. The Balaban J connectivity index is 1.56. The van der Waals surface area contributed by atoms with Crippen LogP contribution in [0.15, 0.2) is 138 Å². The van der Waals surface area contributed by atoms with E-state index < -0.39 is 0 Å². The molecule has 0 N–H and O–H groups in total. The van der Waals surface area contributed by atoms with Gasteiger partial charge in [-0.2, -0.15) is 0 Å². The summed E-state index contributed by atoms with van der Waals surface area (Å²) in [4.78, 5) is 0. The lowest BCUT2D eigenvalue weighted by atomic mass is 9.86. The van der Waals surface area contributed by atoms with Crippen LogP contribution in [0.4, 0.5) is 0 Å². The van der Waals surface area contributed by atoms with Crippen LogP contribution in [-0.2, 0) is 0 Å². The van der Waals surface area contributed by atoms with Crippen molar-refractivity contribution in [3.63, 3.8) is 0 Å². The smallest absolute Gasteiger partial charge is 0.143 e. The molecular weight excluding hydrogens is 448 g/mol. The maximum absolute atomic E-state index is 9.43. The standard InChI is InChI=1S/C36H22O/c1-2-11-24(12-3-1)34-28-14-6-8-16-30(28)35(31-17-9-7-15-29(31)34)25-19-20-27-32-21-18-23-10-4-5-13-26(23)36(32)37-33(27)22-25/h1-22H/i19D,20D,22D. The number of furan rings is 1. The summed E-state index contributed by atoms with van der Waals surface area (Å²) in [5, 5.41) is 7.24. The largest absolute Gasteiger partial charge is 0.455 e. The molecule has 1 aromatic heterocycles. The summed E-state index contributed by atoms with van der Waals surface area (Å²) in [5.74, 6) is 0. The molecule has 0 saturated heterocycles. The molecule has 172 valence electrons. The van der Waals surface area contributed by atoms with Crippen LogP contribution in [0.2, 0.25) is 0 Å². The fourth-order valence-corrected chi connectivity index (χ4v) is 5.75. The van der Waals surface area contributed by atoms with E-state index in [0.717, 1.165) is 54.4 Å². The molecule has 37 heavy (non-hydrogen) atoms. The van der Waals surface area contributed by atoms with Gasteiger partial charge in [-0.05, 0) is 67.3 Å². The first kappa shape index (κ1) is 17.5. The van der Waals surface area contributed by atoms with Crippen molar-refractivity contribution in [3.8, 4) is 22.3 Å². The second kappa shape index (κ2) is 7.81. The third-order valence-corrected chi connectivity index (χ3v) is 7.38. The van der Waals surface area contributed by atoms with Gasteiger partial charge in [-0.25, -0.2) is 0 Å². The van der Waals surface area contributed by atoms with E-state index in [1.165, 1.54) is 0 Å². The highest BCUT2D eigenvalue weighted by molar-refractivity contribution is 6.22. The van der Waals surface area contributed by atoms with Gasteiger partial charge >= 0.3 is 0 Å². The highest BCUT2D eigenvalue weighted by Crippen LogP contribution is 2.44. The molecule has 0 saturated carbocycles. The zero-order chi connectivity index (χ0) is 27.0. The van der Waals surface area contributed by atoms with Crippen molar-refractivity contribution in [2.45, 2.75) is 0 Å². The lowest BCUT2D eigenvalue weighted by Gasteiger charge is -2.17. The van der Waals surface area contributed by atoms with Crippen LogP contribution in [0.3, 0.4) is 0 Å². The van der Waals surface area contributed by atoms with Gasteiger partial charge in [-0.1, -0.05) is 115 Å². The molecule has 0 atom stereocenters. The third kappa shape index (κ3) is 2.98. The molecule has 0 aliphatic carbocycles. The van der Waals surface area contributed by atoms with Crippen LogP contribution < -0.4 is 0 Å². The SMILES string of the molecule is [2H]c1c(-c2c3ccccc3c(-c3ccccc3)c3ccccc23)c([2H])c2oc3c4ccccc4ccc3c2c1[2H]. The molecule has 0 aliphatic rings. The molecule has 0 bridgehead atoms. The van der Waals surface area contributed by atoms with Crippen LogP contribution >= 0.6 is 0 Å². The van der Waals surface area contributed by atoms with E-state index in [1.54, 1.807) is 0 Å². The molecule has 7 aromatic carbocycles. The molecule has 0 unspecified atom stereocenters. The van der Waals surface area contributed by atoms with E-state index in [1.807, 2.05) is 78.9 Å². The molecule has 1 heteroatoms. The van der Waals surface area contributed by atoms with Crippen molar-refractivity contribution in [1.82, 2.24) is 0 Å². The Morgan fingerprint density at radius 3 is 1.68 bits per heavy atom. The molecule has 0 aliphatic heterocycles. The monoisotopic (exact) mass is 473 g/mol. The molecule has 1 nitrogen and oxygen atoms in total. The zero-order valence-electron chi connectivity index (χ0n) is 22.9. The number of benzene rings is 7. The minimum absolute atomic E-state index is 0.0381. The average molecular weight is 474 g/mol. The molecule has 0 amide bonds. The number of hydrogen-bond acceptors (Lipinski definition) is 1. The summed E-state index contributed by atoms with van der Waals surface area (Å²) in [5.41, 5.74) is 4.45. The predicted molar refractivity (Wildman–Crippen MR) is 157 cm³/mol. The lowest BCUT2D eigenvalue weighted by Crippen LogP contribution is -1.90. The quantitative estimate of drug-likeness (QED) is 0.228. The summed E-state index contributed by atoms with van der Waals surface area (Å²) in [6.07, 6.45) is 0. The van der Waals surface area contributed by atoms with Gasteiger partial charge in [-0.3, -0.25) is 0 Å². The second-order valence-corrected chi connectivity index (χ2v) is 9.43. The molecular formula is C36H22O. The first-order chi connectivity index (χ1) is 19.6. The summed E-state index contributed by atoms with van der Waals surface area (Å²) in [6, 6.07) is 38.9. The van der Waals surface area contributed by atoms with Gasteiger partial charge in [0.15, 0.2) is 0 Å². The maximum atomic E-state index is 9.43. The van der Waals surface area contributed by atoms with E-state index >= 15 is 0 Å². The Morgan fingerprint density at radius 1 is 0.432 bits per heavy atom. The Morgan fingerprint density at radius 2 is 1.00 bits per heavy atom. The van der Waals surface area contributed by atoms with Crippen molar-refractivity contribution >= 4 is 54.3 Å². The molecule has 8 rings (SSSR count). The minimum atomic E-state index is 0.0381. The molecule has 0 spiro atoms. The van der Waals surface area contributed by atoms with E-state index in [4.69, 9.17) is 5.79 Å². The van der Waals surface area contributed by atoms with Crippen LogP contribution in [0.1, 0.15) is 4.11 Å². The topological polar surface area (TPSA) is 13.1 Å². The van der Waals surface area contributed by atoms with Crippen molar-refractivity contribution in [1.29, 1.82) is 0 Å². The van der Waals surface area contributed by atoms with Crippen LogP contribution in [0.5, 0.6) is 0 Å². The Labute approximate surface area is 218 Å². The number of hydrogen-bond donors (Lipinski definition) is 0. The van der Waals surface area contributed by atoms with Crippen LogP contribution in [0, 0.1) is 0 Å². The highest BCUT2D eigenvalue weighted by Gasteiger charge is 2.18. The third-order valence-electron chi connectivity index (χ3n) is 7.38. The Bertz CT molecular complexity index is 2240. The van der Waals surface area contributed by atoms with Gasteiger partial charge in [-0.15, -0.1) is 0 Å². The van der Waals surface area contributed by atoms with E-state index in [9.17, 15) is 2.74 Å². The second-order valence-electron chi connectivity index (χ2n) is 9.43. The Hall–Kier alpha value is -4.88. The fraction of sp³-hybridized carbons (Fsp3) is 0. The highest BCUT2D eigenvalue weighted by atomic mass is 16.3. The van der Waals surface area contributed by atoms with Gasteiger partial charge in [0.05, 0.1) is 4.11 Å². The first-order valence-electron chi connectivity index (χ1n) is 14.0. The van der Waals surface area contributed by atoms with Crippen LogP contribution in [-0.4, -0.2) is 0 Å². The fourth-order valence-electron chi connectivity index (χ4n) is 5.75. The normalized spacial score (nSPS) is 12.9. The summed E-state index contributed by atoms with van der Waals surface area (Å²) in [7, 11) is 0. The predicted octanol–water partition coefficient (Wildman–Crippen LogP) is 10.4. The van der Waals surface area contributed by atoms with Gasteiger partial charge < -0.3 is 4.42 Å². The summed E-state index contributed by atoms with van der Waals surface area (Å²) < 4.78 is 34.2. The van der Waals surface area contributed by atoms with Crippen molar-refractivity contribution in [3.05, 3.63) is 133 Å². The van der Waals surface area contributed by atoms with Crippen molar-refractivity contribution in [2.75, 3.05) is 0 Å². The molecule has 0 radical (unpaired) electrons.